The SMILES string of the molecule is Cc1cc(F)cc(C[C@@H](C)N)c1. The molecule has 1 nitrogen and oxygen atoms in total. The Kier molecular flexibility index (Phi) is 2.82. The Hall–Kier alpha value is -0.890. The predicted molar refractivity (Wildman–Crippen MR) is 48.5 cm³/mol. The first-order valence-electron chi connectivity index (χ1n) is 4.09. The van der Waals surface area contributed by atoms with Crippen LogP contribution in [0.4, 0.5) is 4.39 Å². The lowest BCUT2D eigenvalue weighted by Crippen LogP contribution is -2.17. The van der Waals surface area contributed by atoms with E-state index >= 15 is 0 Å². The number of halogens is 1. The van der Waals surface area contributed by atoms with Crippen LogP contribution < -0.4 is 5.73 Å². The fraction of sp³-hybridized carbons (Fsp3) is 0.400. The molecule has 1 aromatic carbocycles. The fourth-order valence-corrected chi connectivity index (χ4v) is 1.30. The molecule has 0 fully saturated rings. The molecule has 1 atom stereocenters. The molecule has 1 aromatic rings. The fourth-order valence-electron chi connectivity index (χ4n) is 1.30. The summed E-state index contributed by atoms with van der Waals surface area (Å²) >= 11 is 0. The van der Waals surface area contributed by atoms with Crippen molar-refractivity contribution in [2.45, 2.75) is 26.3 Å². The van der Waals surface area contributed by atoms with E-state index in [-0.39, 0.29) is 11.9 Å². The number of hydrogen-bond donors (Lipinski definition) is 1. The summed E-state index contributed by atoms with van der Waals surface area (Å²) in [5.74, 6) is -0.175. The van der Waals surface area contributed by atoms with Gasteiger partial charge in [-0.15, -0.1) is 0 Å². The van der Waals surface area contributed by atoms with Crippen molar-refractivity contribution in [2.75, 3.05) is 0 Å². The molecular weight excluding hydrogens is 153 g/mol. The van der Waals surface area contributed by atoms with E-state index in [1.54, 1.807) is 0 Å². The molecule has 0 saturated carbocycles. The maximum Gasteiger partial charge on any atom is 0.123 e. The highest BCUT2D eigenvalue weighted by molar-refractivity contribution is 5.24. The van der Waals surface area contributed by atoms with Crippen molar-refractivity contribution in [3.05, 3.63) is 35.1 Å². The first kappa shape index (κ1) is 9.20. The van der Waals surface area contributed by atoms with Gasteiger partial charge in [-0.3, -0.25) is 0 Å². The van der Waals surface area contributed by atoms with E-state index < -0.39 is 0 Å². The van der Waals surface area contributed by atoms with Crippen LogP contribution >= 0.6 is 0 Å². The quantitative estimate of drug-likeness (QED) is 0.716. The third-order valence-electron chi connectivity index (χ3n) is 1.66. The van der Waals surface area contributed by atoms with E-state index in [0.29, 0.717) is 0 Å². The average molecular weight is 167 g/mol. The third kappa shape index (κ3) is 2.62. The lowest BCUT2D eigenvalue weighted by molar-refractivity contribution is 0.621. The second-order valence-electron chi connectivity index (χ2n) is 3.32. The molecule has 0 radical (unpaired) electrons. The van der Waals surface area contributed by atoms with E-state index in [0.717, 1.165) is 17.5 Å². The molecule has 0 aliphatic rings. The molecule has 0 bridgehead atoms. The summed E-state index contributed by atoms with van der Waals surface area (Å²) in [6.45, 7) is 3.80. The Balaban J connectivity index is 2.85. The van der Waals surface area contributed by atoms with Gasteiger partial charge in [0.05, 0.1) is 0 Å². The van der Waals surface area contributed by atoms with E-state index in [4.69, 9.17) is 5.73 Å². The van der Waals surface area contributed by atoms with Gasteiger partial charge in [0.2, 0.25) is 0 Å². The number of benzene rings is 1. The summed E-state index contributed by atoms with van der Waals surface area (Å²) in [6.07, 6.45) is 0.735. The number of hydrogen-bond acceptors (Lipinski definition) is 1. The summed E-state index contributed by atoms with van der Waals surface area (Å²) in [6, 6.07) is 5.11. The first-order valence-corrected chi connectivity index (χ1v) is 4.09. The van der Waals surface area contributed by atoms with Gasteiger partial charge < -0.3 is 5.73 Å². The van der Waals surface area contributed by atoms with Gasteiger partial charge in [-0.05, 0) is 43.5 Å². The molecule has 2 heteroatoms. The van der Waals surface area contributed by atoms with Gasteiger partial charge in [0.25, 0.3) is 0 Å². The minimum absolute atomic E-state index is 0.0891. The summed E-state index contributed by atoms with van der Waals surface area (Å²) in [5.41, 5.74) is 7.53. The van der Waals surface area contributed by atoms with Crippen LogP contribution in [-0.2, 0) is 6.42 Å². The zero-order valence-electron chi connectivity index (χ0n) is 7.47. The van der Waals surface area contributed by atoms with Crippen LogP contribution in [-0.4, -0.2) is 6.04 Å². The van der Waals surface area contributed by atoms with Crippen molar-refractivity contribution in [2.24, 2.45) is 5.73 Å². The van der Waals surface area contributed by atoms with E-state index in [1.165, 1.54) is 12.1 Å². The highest BCUT2D eigenvalue weighted by atomic mass is 19.1. The lowest BCUT2D eigenvalue weighted by atomic mass is 10.1. The Labute approximate surface area is 72.4 Å². The second kappa shape index (κ2) is 3.68. The molecule has 2 N–H and O–H groups in total. The van der Waals surface area contributed by atoms with Crippen LogP contribution in [0.5, 0.6) is 0 Å². The molecule has 1 rings (SSSR count). The van der Waals surface area contributed by atoms with Crippen molar-refractivity contribution in [1.82, 2.24) is 0 Å². The first-order chi connectivity index (χ1) is 5.58. The standard InChI is InChI=1S/C10H14FN/c1-7-3-9(5-8(2)12)6-10(11)4-7/h3-4,6,8H,5,12H2,1-2H3/t8-/m1/s1. The van der Waals surface area contributed by atoms with Crippen molar-refractivity contribution >= 4 is 0 Å². The van der Waals surface area contributed by atoms with Gasteiger partial charge in [-0.1, -0.05) is 6.07 Å². The highest BCUT2D eigenvalue weighted by Crippen LogP contribution is 2.09. The number of rotatable bonds is 2. The molecule has 0 amide bonds. The monoisotopic (exact) mass is 167 g/mol. The van der Waals surface area contributed by atoms with Crippen LogP contribution in [0.3, 0.4) is 0 Å². The molecule has 0 heterocycles. The Morgan fingerprint density at radius 1 is 1.42 bits per heavy atom. The summed E-state index contributed by atoms with van der Waals surface area (Å²) < 4.78 is 12.8. The molecule has 0 aliphatic heterocycles. The topological polar surface area (TPSA) is 26.0 Å². The van der Waals surface area contributed by atoms with E-state index in [1.807, 2.05) is 19.9 Å². The van der Waals surface area contributed by atoms with Crippen molar-refractivity contribution in [3.8, 4) is 0 Å². The minimum atomic E-state index is -0.175. The molecule has 0 spiro atoms. The maximum absolute atomic E-state index is 12.8. The van der Waals surface area contributed by atoms with Gasteiger partial charge in [-0.25, -0.2) is 4.39 Å². The Morgan fingerprint density at radius 3 is 2.58 bits per heavy atom. The molecular formula is C10H14FN. The Morgan fingerprint density at radius 2 is 2.08 bits per heavy atom. The van der Waals surface area contributed by atoms with Gasteiger partial charge >= 0.3 is 0 Å². The van der Waals surface area contributed by atoms with E-state index in [2.05, 4.69) is 0 Å². The summed E-state index contributed by atoms with van der Waals surface area (Å²) in [4.78, 5) is 0. The lowest BCUT2D eigenvalue weighted by Gasteiger charge is -2.05. The van der Waals surface area contributed by atoms with Gasteiger partial charge in [0.1, 0.15) is 5.82 Å². The maximum atomic E-state index is 12.8. The third-order valence-corrected chi connectivity index (χ3v) is 1.66. The van der Waals surface area contributed by atoms with Gasteiger partial charge in [0.15, 0.2) is 0 Å². The normalized spacial score (nSPS) is 13.0. The van der Waals surface area contributed by atoms with Crippen LogP contribution in [0.2, 0.25) is 0 Å². The minimum Gasteiger partial charge on any atom is -0.328 e. The molecule has 0 unspecified atom stereocenters. The zero-order valence-corrected chi connectivity index (χ0v) is 7.47. The second-order valence-corrected chi connectivity index (χ2v) is 3.32. The average Bonchev–Trinajstić information content (AvgIpc) is 1.81. The van der Waals surface area contributed by atoms with Gasteiger partial charge in [0, 0.05) is 6.04 Å². The van der Waals surface area contributed by atoms with E-state index in [9.17, 15) is 4.39 Å². The summed E-state index contributed by atoms with van der Waals surface area (Å²) in [5, 5.41) is 0. The predicted octanol–water partition coefficient (Wildman–Crippen LogP) is 2.02. The van der Waals surface area contributed by atoms with Crippen LogP contribution in [0.15, 0.2) is 18.2 Å². The molecule has 12 heavy (non-hydrogen) atoms. The molecule has 0 aliphatic carbocycles. The summed E-state index contributed by atoms with van der Waals surface area (Å²) in [7, 11) is 0. The number of nitrogens with two attached hydrogens (primary N) is 1. The van der Waals surface area contributed by atoms with Crippen molar-refractivity contribution in [3.63, 3.8) is 0 Å². The smallest absolute Gasteiger partial charge is 0.123 e. The van der Waals surface area contributed by atoms with Gasteiger partial charge in [-0.2, -0.15) is 0 Å². The largest absolute Gasteiger partial charge is 0.328 e. The molecule has 0 aromatic heterocycles. The van der Waals surface area contributed by atoms with Crippen molar-refractivity contribution < 1.29 is 4.39 Å². The van der Waals surface area contributed by atoms with Crippen LogP contribution in [0.1, 0.15) is 18.1 Å². The van der Waals surface area contributed by atoms with Crippen molar-refractivity contribution in [1.29, 1.82) is 0 Å². The molecule has 0 saturated heterocycles. The van der Waals surface area contributed by atoms with Crippen LogP contribution in [0.25, 0.3) is 0 Å². The highest BCUT2D eigenvalue weighted by Gasteiger charge is 2.00. The van der Waals surface area contributed by atoms with Crippen LogP contribution in [0, 0.1) is 12.7 Å². The number of aryl methyl sites for hydroxylation is 1. The Bertz CT molecular complexity index is 248. The zero-order chi connectivity index (χ0) is 9.14. The molecule has 66 valence electrons.